The number of benzene rings is 3. The van der Waals surface area contributed by atoms with Crippen LogP contribution in [0.15, 0.2) is 99.6 Å². The second-order valence-corrected chi connectivity index (χ2v) is 9.75. The van der Waals surface area contributed by atoms with Gasteiger partial charge in [-0.15, -0.1) is 0 Å². The van der Waals surface area contributed by atoms with Crippen LogP contribution >= 0.6 is 10.3 Å². The molecule has 0 fully saturated rings. The lowest BCUT2D eigenvalue weighted by Gasteiger charge is -2.39. The molecular formula is C26H30O3S. The van der Waals surface area contributed by atoms with Gasteiger partial charge in [0.15, 0.2) is 0 Å². The fourth-order valence-corrected chi connectivity index (χ4v) is 6.29. The van der Waals surface area contributed by atoms with E-state index in [2.05, 4.69) is 6.92 Å². The third kappa shape index (κ3) is 5.06. The quantitative estimate of drug-likeness (QED) is 0.319. The Morgan fingerprint density at radius 3 is 1.77 bits per heavy atom. The van der Waals surface area contributed by atoms with E-state index in [0.717, 1.165) is 39.7 Å². The lowest BCUT2D eigenvalue weighted by atomic mass is 10.3. The van der Waals surface area contributed by atoms with Gasteiger partial charge in [0, 0.05) is 21.1 Å². The van der Waals surface area contributed by atoms with E-state index in [4.69, 9.17) is 8.92 Å². The number of carbonyl (C=O) groups is 1. The average Bonchev–Trinajstić information content (AvgIpc) is 2.80. The van der Waals surface area contributed by atoms with E-state index < -0.39 is 10.3 Å². The van der Waals surface area contributed by atoms with Crippen molar-refractivity contribution in [2.24, 2.45) is 0 Å². The van der Waals surface area contributed by atoms with Crippen LogP contribution in [0.1, 0.15) is 39.5 Å². The Morgan fingerprint density at radius 2 is 1.27 bits per heavy atom. The normalized spacial score (nSPS) is 11.7. The fraction of sp³-hybridized carbons (Fsp3) is 0.269. The lowest BCUT2D eigenvalue weighted by molar-refractivity contribution is -0.133. The molecular weight excluding hydrogens is 392 g/mol. The number of carbonyl (C=O) groups excluding carboxylic acids is 1. The van der Waals surface area contributed by atoms with Crippen LogP contribution in [0.3, 0.4) is 0 Å². The Kier molecular flexibility index (Phi) is 7.97. The Hall–Kier alpha value is -2.72. The molecule has 0 unspecified atom stereocenters. The minimum atomic E-state index is -2.20. The summed E-state index contributed by atoms with van der Waals surface area (Å²) in [5.41, 5.74) is 0. The molecule has 158 valence electrons. The number of hydrogen-bond acceptors (Lipinski definition) is 3. The van der Waals surface area contributed by atoms with E-state index in [1.807, 2.05) is 91.9 Å². The summed E-state index contributed by atoms with van der Waals surface area (Å²) in [6.45, 7) is 4.84. The van der Waals surface area contributed by atoms with Gasteiger partial charge < -0.3 is 8.92 Å². The first-order chi connectivity index (χ1) is 14.7. The third-order valence-electron chi connectivity index (χ3n) is 4.74. The molecule has 0 amide bonds. The van der Waals surface area contributed by atoms with E-state index in [1.54, 1.807) is 0 Å². The van der Waals surface area contributed by atoms with Crippen molar-refractivity contribution < 1.29 is 13.7 Å². The van der Waals surface area contributed by atoms with Crippen LogP contribution in [0, 0.1) is 0 Å². The van der Waals surface area contributed by atoms with Crippen molar-refractivity contribution >= 4 is 16.3 Å². The van der Waals surface area contributed by atoms with Crippen molar-refractivity contribution in [1.29, 1.82) is 0 Å². The van der Waals surface area contributed by atoms with Gasteiger partial charge in [0.1, 0.15) is 5.75 Å². The minimum Gasteiger partial charge on any atom is -0.494 e. The van der Waals surface area contributed by atoms with E-state index in [-0.39, 0.29) is 5.97 Å². The van der Waals surface area contributed by atoms with Gasteiger partial charge in [-0.1, -0.05) is 56.7 Å². The summed E-state index contributed by atoms with van der Waals surface area (Å²) in [5, 5.41) is 0. The van der Waals surface area contributed by atoms with Crippen molar-refractivity contribution in [3.05, 3.63) is 84.9 Å². The summed E-state index contributed by atoms with van der Waals surface area (Å²) in [5.74, 6) is 0.657. The fourth-order valence-electron chi connectivity index (χ4n) is 3.22. The molecule has 3 aromatic rings. The van der Waals surface area contributed by atoms with Crippen molar-refractivity contribution in [1.82, 2.24) is 0 Å². The number of hydrogen-bond donors (Lipinski definition) is 0. The van der Waals surface area contributed by atoms with E-state index in [1.165, 1.54) is 0 Å². The van der Waals surface area contributed by atoms with E-state index in [0.29, 0.717) is 13.0 Å². The maximum Gasteiger partial charge on any atom is 0.317 e. The molecule has 3 aromatic carbocycles. The van der Waals surface area contributed by atoms with Crippen LogP contribution < -0.4 is 4.74 Å². The molecule has 0 saturated heterocycles. The molecule has 0 saturated carbocycles. The van der Waals surface area contributed by atoms with Crippen molar-refractivity contribution in [3.63, 3.8) is 0 Å². The van der Waals surface area contributed by atoms with Crippen molar-refractivity contribution in [2.75, 3.05) is 6.61 Å². The second kappa shape index (κ2) is 10.9. The topological polar surface area (TPSA) is 35.5 Å². The molecule has 0 aliphatic rings. The Morgan fingerprint density at radius 1 is 0.733 bits per heavy atom. The summed E-state index contributed by atoms with van der Waals surface area (Å²) in [7, 11) is -2.20. The molecule has 0 heterocycles. The second-order valence-electron chi connectivity index (χ2n) is 7.06. The molecule has 0 radical (unpaired) electrons. The molecule has 3 nitrogen and oxygen atoms in total. The van der Waals surface area contributed by atoms with Gasteiger partial charge >= 0.3 is 5.97 Å². The molecule has 4 heteroatoms. The zero-order valence-electron chi connectivity index (χ0n) is 17.8. The highest BCUT2D eigenvalue weighted by atomic mass is 32.3. The van der Waals surface area contributed by atoms with E-state index >= 15 is 0 Å². The average molecular weight is 423 g/mol. The molecule has 0 aliphatic heterocycles. The molecule has 0 bridgehead atoms. The monoisotopic (exact) mass is 422 g/mol. The number of rotatable bonds is 10. The highest BCUT2D eigenvalue weighted by Gasteiger charge is 2.35. The summed E-state index contributed by atoms with van der Waals surface area (Å²) >= 11 is 0. The number of unbranched alkanes of at least 4 members (excludes halogenated alkanes) is 1. The summed E-state index contributed by atoms with van der Waals surface area (Å²) < 4.78 is 12.2. The predicted molar refractivity (Wildman–Crippen MR) is 123 cm³/mol. The maximum absolute atomic E-state index is 12.8. The van der Waals surface area contributed by atoms with Gasteiger partial charge in [0.25, 0.3) is 0 Å². The summed E-state index contributed by atoms with van der Waals surface area (Å²) in [6.07, 6.45) is 3.27. The van der Waals surface area contributed by atoms with Gasteiger partial charge in [-0.2, -0.15) is 0 Å². The molecule has 0 atom stereocenters. The van der Waals surface area contributed by atoms with Crippen LogP contribution in [-0.2, 0) is 8.98 Å². The van der Waals surface area contributed by atoms with Gasteiger partial charge in [0.2, 0.25) is 0 Å². The van der Waals surface area contributed by atoms with Gasteiger partial charge in [-0.25, -0.2) is 0 Å². The van der Waals surface area contributed by atoms with Crippen LogP contribution in [0.4, 0.5) is 0 Å². The molecule has 3 rings (SSSR count). The molecule has 0 N–H and O–H groups in total. The first-order valence-electron chi connectivity index (χ1n) is 10.6. The van der Waals surface area contributed by atoms with Gasteiger partial charge in [-0.3, -0.25) is 4.79 Å². The molecule has 0 aliphatic carbocycles. The highest BCUT2D eigenvalue weighted by Crippen LogP contribution is 2.69. The minimum absolute atomic E-state index is 0.177. The predicted octanol–water partition coefficient (Wildman–Crippen LogP) is 7.41. The highest BCUT2D eigenvalue weighted by molar-refractivity contribution is 8.30. The molecule has 0 aromatic heterocycles. The SMILES string of the molecule is CCCCOc1ccc(S(OC(=O)CCC)(c2ccccc2)c2ccccc2)cc1. The van der Waals surface area contributed by atoms with E-state index in [9.17, 15) is 4.79 Å². The first kappa shape index (κ1) is 22.0. The van der Waals surface area contributed by atoms with Crippen LogP contribution in [0.5, 0.6) is 5.75 Å². The van der Waals surface area contributed by atoms with Gasteiger partial charge in [-0.05, 0) is 71.7 Å². The standard InChI is InChI=1S/C26H30O3S/c1-3-5-21-28-22-17-19-25(20-18-22)30(29-26(27)12-4-2,23-13-8-6-9-14-23)24-15-10-7-11-16-24/h6-11,13-20H,3-5,12,21H2,1-2H3. The lowest BCUT2D eigenvalue weighted by Crippen LogP contribution is -2.13. The smallest absolute Gasteiger partial charge is 0.317 e. The van der Waals surface area contributed by atoms with Gasteiger partial charge in [0.05, 0.1) is 6.61 Å². The Bertz CT molecular complexity index is 869. The Labute approximate surface area is 181 Å². The zero-order chi connectivity index (χ0) is 21.2. The third-order valence-corrected chi connectivity index (χ3v) is 7.99. The zero-order valence-corrected chi connectivity index (χ0v) is 18.6. The van der Waals surface area contributed by atoms with Crippen LogP contribution in [0.25, 0.3) is 0 Å². The van der Waals surface area contributed by atoms with Crippen LogP contribution in [0.2, 0.25) is 0 Å². The summed E-state index contributed by atoms with van der Waals surface area (Å²) in [4.78, 5) is 15.8. The van der Waals surface area contributed by atoms with Crippen molar-refractivity contribution in [2.45, 2.75) is 54.2 Å². The van der Waals surface area contributed by atoms with Crippen molar-refractivity contribution in [3.8, 4) is 5.75 Å². The summed E-state index contributed by atoms with van der Waals surface area (Å²) in [6, 6.07) is 28.2. The maximum atomic E-state index is 12.8. The molecule has 0 spiro atoms. The van der Waals surface area contributed by atoms with Crippen LogP contribution in [-0.4, -0.2) is 12.6 Å². The largest absolute Gasteiger partial charge is 0.494 e. The first-order valence-corrected chi connectivity index (χ1v) is 12.1. The molecule has 30 heavy (non-hydrogen) atoms. The number of ether oxygens (including phenoxy) is 1. The Balaban J connectivity index is 2.11.